The van der Waals surface area contributed by atoms with E-state index in [2.05, 4.69) is 19.2 Å². The van der Waals surface area contributed by atoms with Crippen LogP contribution in [0.15, 0.2) is 24.3 Å². The van der Waals surface area contributed by atoms with Crippen LogP contribution in [0.3, 0.4) is 0 Å². The van der Waals surface area contributed by atoms with Crippen molar-refractivity contribution in [2.45, 2.75) is 26.3 Å². The number of nitrogens with one attached hydrogen (secondary N) is 1. The Balaban J connectivity index is 2.41. The van der Waals surface area contributed by atoms with Crippen LogP contribution in [0, 0.1) is 5.92 Å². The first-order valence-electron chi connectivity index (χ1n) is 5.75. The first-order valence-corrected chi connectivity index (χ1v) is 5.75. The van der Waals surface area contributed by atoms with Crippen molar-refractivity contribution < 1.29 is 4.74 Å². The van der Waals surface area contributed by atoms with Crippen molar-refractivity contribution in [2.24, 2.45) is 11.7 Å². The molecular formula is C13H22N2O. The predicted octanol–water partition coefficient (Wildman–Crippen LogP) is 2.48. The van der Waals surface area contributed by atoms with E-state index in [4.69, 9.17) is 10.5 Å². The molecule has 0 saturated heterocycles. The van der Waals surface area contributed by atoms with E-state index in [0.29, 0.717) is 5.92 Å². The fraction of sp³-hybridized carbons (Fsp3) is 0.538. The molecule has 0 bridgehead atoms. The zero-order valence-electron chi connectivity index (χ0n) is 10.4. The second-order valence-electron chi connectivity index (χ2n) is 4.50. The van der Waals surface area contributed by atoms with Crippen molar-refractivity contribution in [1.29, 1.82) is 0 Å². The maximum atomic E-state index is 6.00. The molecule has 1 aromatic carbocycles. The molecule has 0 spiro atoms. The minimum absolute atomic E-state index is 0.200. The van der Waals surface area contributed by atoms with Crippen molar-refractivity contribution in [3.8, 4) is 5.75 Å². The Labute approximate surface area is 98.0 Å². The number of methoxy groups -OCH3 is 1. The summed E-state index contributed by atoms with van der Waals surface area (Å²) in [6.45, 7) is 5.17. The molecule has 16 heavy (non-hydrogen) atoms. The lowest BCUT2D eigenvalue weighted by atomic mass is 10.0. The van der Waals surface area contributed by atoms with Crippen LogP contribution in [0.4, 0.5) is 5.69 Å². The number of hydrogen-bond donors (Lipinski definition) is 2. The highest BCUT2D eigenvalue weighted by atomic mass is 16.5. The van der Waals surface area contributed by atoms with E-state index in [1.54, 1.807) is 7.11 Å². The van der Waals surface area contributed by atoms with Gasteiger partial charge in [-0.15, -0.1) is 0 Å². The van der Waals surface area contributed by atoms with Crippen molar-refractivity contribution in [3.63, 3.8) is 0 Å². The average molecular weight is 222 g/mol. The van der Waals surface area contributed by atoms with E-state index in [0.717, 1.165) is 24.4 Å². The van der Waals surface area contributed by atoms with Crippen LogP contribution in [0.5, 0.6) is 5.75 Å². The van der Waals surface area contributed by atoms with Crippen LogP contribution in [0.2, 0.25) is 0 Å². The summed E-state index contributed by atoms with van der Waals surface area (Å²) in [6.07, 6.45) is 1.04. The van der Waals surface area contributed by atoms with Gasteiger partial charge in [0.25, 0.3) is 0 Å². The molecular weight excluding hydrogens is 200 g/mol. The quantitative estimate of drug-likeness (QED) is 0.777. The van der Waals surface area contributed by atoms with Crippen LogP contribution in [0.1, 0.15) is 20.3 Å². The second kappa shape index (κ2) is 6.38. The fourth-order valence-electron chi connectivity index (χ4n) is 1.67. The summed E-state index contributed by atoms with van der Waals surface area (Å²) in [7, 11) is 1.67. The number of ether oxygens (including phenoxy) is 1. The molecule has 0 saturated carbocycles. The molecule has 0 aliphatic rings. The first-order chi connectivity index (χ1) is 7.61. The molecule has 0 aliphatic carbocycles. The van der Waals surface area contributed by atoms with E-state index in [9.17, 15) is 0 Å². The molecule has 1 aromatic rings. The number of benzene rings is 1. The van der Waals surface area contributed by atoms with E-state index in [1.807, 2.05) is 24.3 Å². The summed E-state index contributed by atoms with van der Waals surface area (Å²) < 4.78 is 5.15. The van der Waals surface area contributed by atoms with Crippen LogP contribution >= 0.6 is 0 Å². The van der Waals surface area contributed by atoms with Crippen LogP contribution in [-0.2, 0) is 0 Å². The number of hydrogen-bond acceptors (Lipinski definition) is 3. The molecule has 0 aromatic heterocycles. The lowest BCUT2D eigenvalue weighted by Crippen LogP contribution is -2.30. The normalized spacial score (nSPS) is 12.6. The van der Waals surface area contributed by atoms with E-state index in [-0.39, 0.29) is 6.04 Å². The van der Waals surface area contributed by atoms with Crippen molar-refractivity contribution in [1.82, 2.24) is 0 Å². The minimum atomic E-state index is 0.200. The van der Waals surface area contributed by atoms with Gasteiger partial charge < -0.3 is 15.8 Å². The van der Waals surface area contributed by atoms with Gasteiger partial charge in [-0.3, -0.25) is 0 Å². The summed E-state index contributed by atoms with van der Waals surface area (Å²) in [5.74, 6) is 1.50. The molecule has 1 rings (SSSR count). The molecule has 1 unspecified atom stereocenters. The Morgan fingerprint density at radius 3 is 2.75 bits per heavy atom. The van der Waals surface area contributed by atoms with E-state index in [1.165, 1.54) is 0 Å². The number of rotatable bonds is 6. The lowest BCUT2D eigenvalue weighted by molar-refractivity contribution is 0.415. The van der Waals surface area contributed by atoms with Gasteiger partial charge in [0.05, 0.1) is 7.11 Å². The van der Waals surface area contributed by atoms with Gasteiger partial charge in [0.2, 0.25) is 0 Å². The maximum Gasteiger partial charge on any atom is 0.120 e. The zero-order valence-corrected chi connectivity index (χ0v) is 10.4. The van der Waals surface area contributed by atoms with E-state index < -0.39 is 0 Å². The Morgan fingerprint density at radius 1 is 1.38 bits per heavy atom. The highest BCUT2D eigenvalue weighted by Gasteiger charge is 2.05. The Bertz CT molecular complexity index is 313. The second-order valence-corrected chi connectivity index (χ2v) is 4.50. The largest absolute Gasteiger partial charge is 0.497 e. The Morgan fingerprint density at radius 2 is 2.12 bits per heavy atom. The summed E-state index contributed by atoms with van der Waals surface area (Å²) in [5.41, 5.74) is 7.05. The molecule has 0 fully saturated rings. The summed E-state index contributed by atoms with van der Waals surface area (Å²) in [6, 6.07) is 8.09. The van der Waals surface area contributed by atoms with Gasteiger partial charge in [0, 0.05) is 24.3 Å². The zero-order chi connectivity index (χ0) is 12.0. The standard InChI is InChI=1S/C13H22N2O/c1-10(2)7-11(14)9-15-12-5-4-6-13(8-12)16-3/h4-6,8,10-11,15H,7,9,14H2,1-3H3. The monoisotopic (exact) mass is 222 g/mol. The highest BCUT2D eigenvalue weighted by molar-refractivity contribution is 5.48. The SMILES string of the molecule is COc1cccc(NCC(N)CC(C)C)c1. The molecule has 1 atom stereocenters. The topological polar surface area (TPSA) is 47.3 Å². The van der Waals surface area contributed by atoms with Crippen molar-refractivity contribution >= 4 is 5.69 Å². The van der Waals surface area contributed by atoms with Gasteiger partial charge in [-0.05, 0) is 24.5 Å². The molecule has 3 heteroatoms. The van der Waals surface area contributed by atoms with Gasteiger partial charge in [-0.1, -0.05) is 19.9 Å². The van der Waals surface area contributed by atoms with Crippen LogP contribution in [-0.4, -0.2) is 19.7 Å². The van der Waals surface area contributed by atoms with Crippen LogP contribution in [0.25, 0.3) is 0 Å². The molecule has 0 aliphatic heterocycles. The van der Waals surface area contributed by atoms with Gasteiger partial charge >= 0.3 is 0 Å². The Hall–Kier alpha value is -1.22. The molecule has 3 N–H and O–H groups in total. The van der Waals surface area contributed by atoms with E-state index >= 15 is 0 Å². The average Bonchev–Trinajstić information content (AvgIpc) is 2.26. The smallest absolute Gasteiger partial charge is 0.120 e. The minimum Gasteiger partial charge on any atom is -0.497 e. The lowest BCUT2D eigenvalue weighted by Gasteiger charge is -2.15. The fourth-order valence-corrected chi connectivity index (χ4v) is 1.67. The number of nitrogens with two attached hydrogens (primary N) is 1. The van der Waals surface area contributed by atoms with Crippen molar-refractivity contribution in [3.05, 3.63) is 24.3 Å². The molecule has 3 nitrogen and oxygen atoms in total. The summed E-state index contributed by atoms with van der Waals surface area (Å²) in [4.78, 5) is 0. The van der Waals surface area contributed by atoms with Crippen molar-refractivity contribution in [2.75, 3.05) is 19.0 Å². The number of anilines is 1. The molecule has 0 heterocycles. The van der Waals surface area contributed by atoms with Crippen LogP contribution < -0.4 is 15.8 Å². The third kappa shape index (κ3) is 4.53. The molecule has 0 amide bonds. The first kappa shape index (κ1) is 12.8. The van der Waals surface area contributed by atoms with Gasteiger partial charge in [-0.25, -0.2) is 0 Å². The summed E-state index contributed by atoms with van der Waals surface area (Å²) >= 11 is 0. The van der Waals surface area contributed by atoms with Gasteiger partial charge in [-0.2, -0.15) is 0 Å². The predicted molar refractivity (Wildman–Crippen MR) is 68.9 cm³/mol. The highest BCUT2D eigenvalue weighted by Crippen LogP contribution is 2.16. The third-order valence-electron chi connectivity index (χ3n) is 2.41. The third-order valence-corrected chi connectivity index (χ3v) is 2.41. The Kier molecular flexibility index (Phi) is 5.12. The molecule has 90 valence electrons. The van der Waals surface area contributed by atoms with Gasteiger partial charge in [0.1, 0.15) is 5.75 Å². The summed E-state index contributed by atoms with van der Waals surface area (Å²) in [5, 5.41) is 3.32. The maximum absolute atomic E-state index is 6.00. The van der Waals surface area contributed by atoms with Gasteiger partial charge in [0.15, 0.2) is 0 Å². The molecule has 0 radical (unpaired) electrons.